The molecular weight excluding hydrogens is 364 g/mol. The Bertz CT molecular complexity index is 1170. The van der Waals surface area contributed by atoms with Crippen LogP contribution in [0.1, 0.15) is 26.5 Å². The lowest BCUT2D eigenvalue weighted by Crippen LogP contribution is -2.37. The van der Waals surface area contributed by atoms with E-state index < -0.39 is 11.7 Å². The molecule has 4 rings (SSSR count). The first kappa shape index (κ1) is 17.2. The van der Waals surface area contributed by atoms with Gasteiger partial charge in [-0.15, -0.1) is 11.3 Å². The van der Waals surface area contributed by atoms with Crippen LogP contribution >= 0.6 is 11.3 Å². The Balaban J connectivity index is 1.87. The monoisotopic (exact) mass is 380 g/mol. The molecule has 3 aromatic heterocycles. The number of hydrogen-bond donors (Lipinski definition) is 1. The number of nitrogens with two attached hydrogens (primary N) is 1. The summed E-state index contributed by atoms with van der Waals surface area (Å²) in [5.74, 6) is -1.30. The lowest BCUT2D eigenvalue weighted by atomic mass is 10.0. The first-order chi connectivity index (χ1) is 12.9. The number of carbonyl (C=O) groups excluding carboxylic acids is 1. The predicted molar refractivity (Wildman–Crippen MR) is 99.5 cm³/mol. The molecule has 0 radical (unpaired) electrons. The number of hydrogen-bond acceptors (Lipinski definition) is 7. The van der Waals surface area contributed by atoms with Gasteiger partial charge in [0.1, 0.15) is 9.71 Å². The summed E-state index contributed by atoms with van der Waals surface area (Å²) >= 11 is 1.16. The van der Waals surface area contributed by atoms with Gasteiger partial charge in [0.25, 0.3) is 5.78 Å². The van der Waals surface area contributed by atoms with Crippen molar-refractivity contribution in [3.63, 3.8) is 0 Å². The number of pyridine rings is 1. The van der Waals surface area contributed by atoms with Crippen molar-refractivity contribution in [1.82, 2.24) is 10.3 Å². The lowest BCUT2D eigenvalue weighted by molar-refractivity contribution is -0.741. The van der Waals surface area contributed by atoms with Gasteiger partial charge in [0.15, 0.2) is 13.0 Å². The minimum atomic E-state index is -0.788. The number of nitrogens with zero attached hydrogens (tertiary/aromatic N) is 3. The number of thiophene rings is 1. The number of aromatic nitrogens is 3. The molecule has 0 amide bonds. The smallest absolute Gasteiger partial charge is 0.305 e. The molecule has 136 valence electrons. The molecule has 3 heterocycles. The van der Waals surface area contributed by atoms with Crippen molar-refractivity contribution in [2.45, 2.75) is 13.8 Å². The summed E-state index contributed by atoms with van der Waals surface area (Å²) in [6.07, 6.45) is 0. The minimum absolute atomic E-state index is 0.163. The van der Waals surface area contributed by atoms with E-state index in [2.05, 4.69) is 9.79 Å². The Labute approximate surface area is 158 Å². The van der Waals surface area contributed by atoms with E-state index in [0.29, 0.717) is 15.9 Å². The number of rotatable bonds is 3. The number of ketones is 1. The molecule has 0 fully saturated rings. The highest BCUT2D eigenvalue weighted by Gasteiger charge is 2.29. The van der Waals surface area contributed by atoms with Crippen molar-refractivity contribution in [2.24, 2.45) is 7.05 Å². The molecule has 0 spiro atoms. The van der Waals surface area contributed by atoms with Gasteiger partial charge in [0, 0.05) is 10.9 Å². The highest BCUT2D eigenvalue weighted by atomic mass is 32.1. The fraction of sp³-hybridized carbons (Fsp3) is 0.158. The fourth-order valence-electron chi connectivity index (χ4n) is 2.98. The third-order valence-corrected chi connectivity index (χ3v) is 5.54. The summed E-state index contributed by atoms with van der Waals surface area (Å²) in [4.78, 5) is 18.4. The van der Waals surface area contributed by atoms with E-state index in [9.17, 15) is 9.90 Å². The molecule has 0 atom stereocenters. The van der Waals surface area contributed by atoms with Crippen LogP contribution in [0.3, 0.4) is 0 Å². The van der Waals surface area contributed by atoms with E-state index >= 15 is 0 Å². The molecule has 1 aromatic carbocycles. The number of aryl methyl sites for hydroxylation is 3. The summed E-state index contributed by atoms with van der Waals surface area (Å²) in [6, 6.07) is 10.0. The zero-order valence-electron chi connectivity index (χ0n) is 14.9. The number of carbonyl (C=O) groups is 1. The molecule has 0 saturated carbocycles. The lowest BCUT2D eigenvalue weighted by Gasteiger charge is -2.06. The second-order valence-corrected chi connectivity index (χ2v) is 7.38. The number of benzene rings is 1. The highest BCUT2D eigenvalue weighted by Crippen LogP contribution is 2.37. The van der Waals surface area contributed by atoms with Crippen LogP contribution in [-0.2, 0) is 7.05 Å². The first-order valence-electron chi connectivity index (χ1n) is 8.21. The normalized spacial score (nSPS) is 11.2. The van der Waals surface area contributed by atoms with Gasteiger partial charge < -0.3 is 15.4 Å². The SMILES string of the molecule is Cc1ccc(-c2nc3sc(C(=O)c4c([O-])on[n+]4C)c(N)c3cc2C)cc1. The standard InChI is InChI=1S/C19H16N4O3S/c1-9-4-6-11(7-5-9)14-10(2)8-12-13(20)17(27-18(12)21-14)16(24)15-19(25)26-22-23(15)3/h4-8H,1-3H3,(H2-,20,22,24,25). The zero-order chi connectivity index (χ0) is 19.3. The van der Waals surface area contributed by atoms with Gasteiger partial charge in [-0.25, -0.2) is 4.98 Å². The van der Waals surface area contributed by atoms with Crippen molar-refractivity contribution >= 4 is 33.0 Å². The first-order valence-corrected chi connectivity index (χ1v) is 9.03. The van der Waals surface area contributed by atoms with E-state index in [1.165, 1.54) is 12.6 Å². The zero-order valence-corrected chi connectivity index (χ0v) is 15.8. The molecule has 0 saturated heterocycles. The van der Waals surface area contributed by atoms with Crippen LogP contribution in [0.15, 0.2) is 34.9 Å². The molecule has 0 aliphatic carbocycles. The van der Waals surface area contributed by atoms with Gasteiger partial charge >= 0.3 is 5.69 Å². The number of anilines is 1. The van der Waals surface area contributed by atoms with E-state index in [0.717, 1.165) is 32.8 Å². The van der Waals surface area contributed by atoms with Crippen molar-refractivity contribution in [1.29, 1.82) is 0 Å². The number of nitrogen functional groups attached to an aromatic ring is 1. The van der Waals surface area contributed by atoms with Crippen LogP contribution < -0.4 is 15.5 Å². The van der Waals surface area contributed by atoms with Crippen molar-refractivity contribution in [3.8, 4) is 17.2 Å². The molecule has 4 aromatic rings. The fourth-order valence-corrected chi connectivity index (χ4v) is 3.99. The molecule has 0 bridgehead atoms. The van der Waals surface area contributed by atoms with E-state index in [1.54, 1.807) is 0 Å². The molecule has 27 heavy (non-hydrogen) atoms. The third kappa shape index (κ3) is 2.74. The molecule has 0 aliphatic rings. The van der Waals surface area contributed by atoms with E-state index in [4.69, 9.17) is 10.7 Å². The summed E-state index contributed by atoms with van der Waals surface area (Å²) in [7, 11) is 1.47. The Kier molecular flexibility index (Phi) is 3.92. The maximum absolute atomic E-state index is 12.8. The topological polar surface area (TPSA) is 109 Å². The van der Waals surface area contributed by atoms with E-state index in [1.807, 2.05) is 44.2 Å². The summed E-state index contributed by atoms with van der Waals surface area (Å²) < 4.78 is 5.66. The summed E-state index contributed by atoms with van der Waals surface area (Å²) in [5, 5.41) is 16.0. The van der Waals surface area contributed by atoms with Gasteiger partial charge in [-0.3, -0.25) is 4.79 Å². The second-order valence-electron chi connectivity index (χ2n) is 6.38. The molecule has 8 heteroatoms. The Morgan fingerprint density at radius 3 is 2.59 bits per heavy atom. The van der Waals surface area contributed by atoms with Crippen LogP contribution in [0.2, 0.25) is 0 Å². The second kappa shape index (κ2) is 6.17. The van der Waals surface area contributed by atoms with Gasteiger partial charge in [-0.2, -0.15) is 0 Å². The van der Waals surface area contributed by atoms with Crippen LogP contribution in [0.25, 0.3) is 21.5 Å². The van der Waals surface area contributed by atoms with Crippen LogP contribution in [-0.4, -0.2) is 16.0 Å². The van der Waals surface area contributed by atoms with Crippen molar-refractivity contribution in [3.05, 3.63) is 52.0 Å². The largest absolute Gasteiger partial charge is 0.539 e. The molecular formula is C19H16N4O3S. The summed E-state index contributed by atoms with van der Waals surface area (Å²) in [5.41, 5.74) is 10.3. The van der Waals surface area contributed by atoms with Crippen LogP contribution in [0, 0.1) is 13.8 Å². The average Bonchev–Trinajstić information content (AvgIpc) is 3.14. The molecule has 0 unspecified atom stereocenters. The van der Waals surface area contributed by atoms with Crippen LogP contribution in [0.4, 0.5) is 5.69 Å². The predicted octanol–water partition coefficient (Wildman–Crippen LogP) is 2.28. The minimum Gasteiger partial charge on any atom is -0.539 e. The van der Waals surface area contributed by atoms with Crippen molar-refractivity contribution < 1.29 is 19.1 Å². The third-order valence-electron chi connectivity index (χ3n) is 4.42. The molecule has 7 nitrogen and oxygen atoms in total. The van der Waals surface area contributed by atoms with Gasteiger partial charge in [0.05, 0.1) is 16.7 Å². The maximum Gasteiger partial charge on any atom is 0.305 e. The Hall–Kier alpha value is -3.26. The quantitative estimate of drug-likeness (QED) is 0.431. The van der Waals surface area contributed by atoms with Gasteiger partial charge in [-0.05, 0) is 25.5 Å². The van der Waals surface area contributed by atoms with Crippen molar-refractivity contribution in [2.75, 3.05) is 5.73 Å². The van der Waals surface area contributed by atoms with Gasteiger partial charge in [0.2, 0.25) is 0 Å². The van der Waals surface area contributed by atoms with Gasteiger partial charge in [-0.1, -0.05) is 34.5 Å². The Morgan fingerprint density at radius 2 is 1.96 bits per heavy atom. The Morgan fingerprint density at radius 1 is 1.26 bits per heavy atom. The summed E-state index contributed by atoms with van der Waals surface area (Å²) in [6.45, 7) is 3.98. The molecule has 0 aliphatic heterocycles. The molecule has 2 N–H and O–H groups in total. The maximum atomic E-state index is 12.8. The van der Waals surface area contributed by atoms with Crippen LogP contribution in [0.5, 0.6) is 5.95 Å². The highest BCUT2D eigenvalue weighted by molar-refractivity contribution is 7.21. The number of fused-ring (bicyclic) bond motifs is 1. The average molecular weight is 380 g/mol. The van der Waals surface area contributed by atoms with E-state index in [-0.39, 0.29) is 10.6 Å².